The monoisotopic (exact) mass is 338 g/mol. The number of rotatable bonds is 3. The molecule has 0 amide bonds. The van der Waals surface area contributed by atoms with Crippen LogP contribution in [0.4, 0.5) is 5.13 Å². The highest BCUT2D eigenvalue weighted by Gasteiger charge is 2.27. The molecule has 1 unspecified atom stereocenters. The lowest BCUT2D eigenvalue weighted by molar-refractivity contribution is -0.115. The van der Waals surface area contributed by atoms with Crippen molar-refractivity contribution in [2.75, 3.05) is 18.1 Å². The summed E-state index contributed by atoms with van der Waals surface area (Å²) in [6, 6.07) is 8.00. The number of halogens is 1. The van der Waals surface area contributed by atoms with Gasteiger partial charge < -0.3 is 9.64 Å². The zero-order chi connectivity index (χ0) is 13.2. The van der Waals surface area contributed by atoms with Gasteiger partial charge in [-0.3, -0.25) is 4.79 Å². The van der Waals surface area contributed by atoms with Crippen molar-refractivity contribution in [3.8, 4) is 11.3 Å². The van der Waals surface area contributed by atoms with Crippen molar-refractivity contribution in [2.45, 2.75) is 6.23 Å². The number of nitrogens with zero attached hydrogens (tertiary/aromatic N) is 2. The molecular formula is C13H11BrN2O2S. The minimum atomic E-state index is -0.496. The third-order valence-corrected chi connectivity index (χ3v) is 4.33. The molecule has 0 bridgehead atoms. The van der Waals surface area contributed by atoms with E-state index in [-0.39, 0.29) is 0 Å². The van der Waals surface area contributed by atoms with Gasteiger partial charge in [-0.1, -0.05) is 28.1 Å². The van der Waals surface area contributed by atoms with Crippen molar-refractivity contribution in [3.05, 3.63) is 34.1 Å². The van der Waals surface area contributed by atoms with Crippen LogP contribution in [0.3, 0.4) is 0 Å². The zero-order valence-corrected chi connectivity index (χ0v) is 12.4. The summed E-state index contributed by atoms with van der Waals surface area (Å²) in [7, 11) is 0. The van der Waals surface area contributed by atoms with E-state index < -0.39 is 6.23 Å². The largest absolute Gasteiger partial charge is 0.349 e. The maximum atomic E-state index is 10.9. The van der Waals surface area contributed by atoms with E-state index in [0.29, 0.717) is 13.2 Å². The molecule has 98 valence electrons. The Morgan fingerprint density at radius 1 is 1.42 bits per heavy atom. The minimum absolute atomic E-state index is 0.496. The van der Waals surface area contributed by atoms with Gasteiger partial charge in [-0.05, 0) is 12.1 Å². The Hall–Kier alpha value is -1.24. The van der Waals surface area contributed by atoms with Crippen molar-refractivity contribution in [1.82, 2.24) is 4.98 Å². The van der Waals surface area contributed by atoms with Crippen LogP contribution in [0.1, 0.15) is 0 Å². The Morgan fingerprint density at radius 3 is 2.95 bits per heavy atom. The topological polar surface area (TPSA) is 42.4 Å². The molecule has 19 heavy (non-hydrogen) atoms. The van der Waals surface area contributed by atoms with Gasteiger partial charge >= 0.3 is 0 Å². The van der Waals surface area contributed by atoms with E-state index >= 15 is 0 Å². The maximum absolute atomic E-state index is 10.9. The van der Waals surface area contributed by atoms with E-state index in [1.54, 1.807) is 0 Å². The van der Waals surface area contributed by atoms with Gasteiger partial charge in [0.15, 0.2) is 17.6 Å². The van der Waals surface area contributed by atoms with Gasteiger partial charge in [0.2, 0.25) is 0 Å². The normalized spacial score (nSPS) is 18.8. The van der Waals surface area contributed by atoms with Crippen LogP contribution < -0.4 is 4.90 Å². The summed E-state index contributed by atoms with van der Waals surface area (Å²) in [5.41, 5.74) is 1.98. The number of benzene rings is 1. The van der Waals surface area contributed by atoms with E-state index in [9.17, 15) is 4.79 Å². The molecule has 1 aliphatic heterocycles. The van der Waals surface area contributed by atoms with Crippen molar-refractivity contribution in [1.29, 1.82) is 0 Å². The fourth-order valence-corrected chi connectivity index (χ4v) is 3.11. The zero-order valence-electron chi connectivity index (χ0n) is 9.95. The molecule has 0 radical (unpaired) electrons. The smallest absolute Gasteiger partial charge is 0.188 e. The SMILES string of the molecule is O=CC1OCCN1c1nc(-c2ccc(Br)cc2)cs1. The molecule has 0 aliphatic carbocycles. The molecule has 0 N–H and O–H groups in total. The average molecular weight is 339 g/mol. The molecule has 2 aromatic rings. The highest BCUT2D eigenvalue weighted by atomic mass is 79.9. The summed E-state index contributed by atoms with van der Waals surface area (Å²) in [5.74, 6) is 0. The van der Waals surface area contributed by atoms with Crippen LogP contribution >= 0.6 is 27.3 Å². The molecule has 1 aromatic carbocycles. The van der Waals surface area contributed by atoms with E-state index in [1.165, 1.54) is 11.3 Å². The van der Waals surface area contributed by atoms with Crippen LogP contribution in [0, 0.1) is 0 Å². The fourth-order valence-electron chi connectivity index (χ4n) is 1.96. The van der Waals surface area contributed by atoms with Crippen LogP contribution in [0.25, 0.3) is 11.3 Å². The van der Waals surface area contributed by atoms with Crippen LogP contribution in [0.5, 0.6) is 0 Å². The van der Waals surface area contributed by atoms with Gasteiger partial charge in [-0.25, -0.2) is 4.98 Å². The molecule has 6 heteroatoms. The van der Waals surface area contributed by atoms with E-state index in [1.807, 2.05) is 34.5 Å². The highest BCUT2D eigenvalue weighted by Crippen LogP contribution is 2.30. The second-order valence-electron chi connectivity index (χ2n) is 4.11. The summed E-state index contributed by atoms with van der Waals surface area (Å²) in [4.78, 5) is 17.4. The second kappa shape index (κ2) is 5.40. The molecule has 3 rings (SSSR count). The highest BCUT2D eigenvalue weighted by molar-refractivity contribution is 9.10. The van der Waals surface area contributed by atoms with Crippen molar-refractivity contribution in [3.63, 3.8) is 0 Å². The lowest BCUT2D eigenvalue weighted by atomic mass is 10.2. The predicted molar refractivity (Wildman–Crippen MR) is 78.4 cm³/mol. The van der Waals surface area contributed by atoms with Crippen molar-refractivity contribution < 1.29 is 9.53 Å². The number of aromatic nitrogens is 1. The first-order chi connectivity index (χ1) is 9.28. The number of aldehydes is 1. The van der Waals surface area contributed by atoms with E-state index in [4.69, 9.17) is 4.74 Å². The van der Waals surface area contributed by atoms with Gasteiger partial charge in [0.1, 0.15) is 0 Å². The first-order valence-corrected chi connectivity index (χ1v) is 7.50. The van der Waals surface area contributed by atoms with Gasteiger partial charge in [0, 0.05) is 22.0 Å². The van der Waals surface area contributed by atoms with Crippen molar-refractivity contribution in [2.24, 2.45) is 0 Å². The van der Waals surface area contributed by atoms with Gasteiger partial charge in [0.25, 0.3) is 0 Å². The first kappa shape index (κ1) is 12.8. The second-order valence-corrected chi connectivity index (χ2v) is 5.87. The molecule has 2 heterocycles. The number of carbonyl (C=O) groups excluding carboxylic acids is 1. The Labute approximate surface area is 123 Å². The Balaban J connectivity index is 1.87. The van der Waals surface area contributed by atoms with Gasteiger partial charge in [-0.15, -0.1) is 11.3 Å². The summed E-state index contributed by atoms with van der Waals surface area (Å²) in [6.07, 6.45) is 0.317. The molecule has 1 aromatic heterocycles. The number of hydrogen-bond donors (Lipinski definition) is 0. The standard InChI is InChI=1S/C13H11BrN2O2S/c14-10-3-1-9(2-4-10)11-8-19-13(15-11)16-5-6-18-12(16)7-17/h1-4,7-8,12H,5-6H2. The van der Waals surface area contributed by atoms with E-state index in [2.05, 4.69) is 20.9 Å². The number of ether oxygens (including phenoxy) is 1. The van der Waals surface area contributed by atoms with Crippen LogP contribution in [0.2, 0.25) is 0 Å². The molecule has 1 aliphatic rings. The van der Waals surface area contributed by atoms with Gasteiger partial charge in [0.05, 0.1) is 12.3 Å². The lowest BCUT2D eigenvalue weighted by Gasteiger charge is -2.16. The third kappa shape index (κ3) is 2.56. The van der Waals surface area contributed by atoms with Crippen molar-refractivity contribution >= 4 is 38.7 Å². The van der Waals surface area contributed by atoms with Crippen LogP contribution in [-0.4, -0.2) is 30.6 Å². The number of thiazole rings is 1. The van der Waals surface area contributed by atoms with Crippen LogP contribution in [-0.2, 0) is 9.53 Å². The maximum Gasteiger partial charge on any atom is 0.188 e. The first-order valence-electron chi connectivity index (χ1n) is 5.83. The number of anilines is 1. The Morgan fingerprint density at radius 2 is 2.21 bits per heavy atom. The molecule has 4 nitrogen and oxygen atoms in total. The molecule has 0 saturated carbocycles. The van der Waals surface area contributed by atoms with Gasteiger partial charge in [-0.2, -0.15) is 0 Å². The summed E-state index contributed by atoms with van der Waals surface area (Å²) < 4.78 is 6.36. The molecule has 0 spiro atoms. The summed E-state index contributed by atoms with van der Waals surface area (Å²) in [6.45, 7) is 1.27. The number of hydrogen-bond acceptors (Lipinski definition) is 5. The predicted octanol–water partition coefficient (Wildman–Crippen LogP) is 2.93. The third-order valence-electron chi connectivity index (χ3n) is 2.92. The lowest BCUT2D eigenvalue weighted by Crippen LogP contribution is -2.30. The van der Waals surface area contributed by atoms with Crippen LogP contribution in [0.15, 0.2) is 34.1 Å². The molecule has 1 atom stereocenters. The summed E-state index contributed by atoms with van der Waals surface area (Å²) in [5, 5.41) is 2.83. The quantitative estimate of drug-likeness (QED) is 0.807. The molecular weight excluding hydrogens is 328 g/mol. The van der Waals surface area contributed by atoms with E-state index in [0.717, 1.165) is 27.1 Å². The molecule has 1 fully saturated rings. The fraction of sp³-hybridized carbons (Fsp3) is 0.231. The Bertz CT molecular complexity index is 585. The minimum Gasteiger partial charge on any atom is -0.349 e. The average Bonchev–Trinajstić information content (AvgIpc) is 3.07. The Kier molecular flexibility index (Phi) is 3.63. The summed E-state index contributed by atoms with van der Waals surface area (Å²) >= 11 is 4.94. The number of carbonyl (C=O) groups is 1. The molecule has 1 saturated heterocycles.